The van der Waals surface area contributed by atoms with Gasteiger partial charge in [-0.3, -0.25) is 67.3 Å². The second-order valence-electron chi connectivity index (χ2n) is 25.7. The van der Waals surface area contributed by atoms with E-state index in [1.165, 1.54) is 34.1 Å². The summed E-state index contributed by atoms with van der Waals surface area (Å²) in [5.74, 6) is -10.1. The molecule has 2 saturated heterocycles. The van der Waals surface area contributed by atoms with Gasteiger partial charge in [-0.2, -0.15) is 11.8 Å². The van der Waals surface area contributed by atoms with Gasteiger partial charge in [0, 0.05) is 63.6 Å². The minimum atomic E-state index is -1.67. The van der Waals surface area contributed by atoms with Crippen LogP contribution in [0.1, 0.15) is 127 Å². The number of guanidine groups is 1. The first kappa shape index (κ1) is 82.0. The number of hydrogen-bond donors (Lipinski definition) is 16. The zero-order valence-electron chi connectivity index (χ0n) is 57.7. The Morgan fingerprint density at radius 1 is 0.545 bits per heavy atom. The number of nitrogens with zero attached hydrogens (tertiary/aromatic N) is 4. The monoisotopic (exact) mass is 1430 g/mol. The van der Waals surface area contributed by atoms with Crippen LogP contribution in [0, 0.1) is 5.92 Å². The first-order valence-electron chi connectivity index (χ1n) is 34.1. The van der Waals surface area contributed by atoms with Crippen LogP contribution in [0.15, 0.2) is 78.2 Å². The van der Waals surface area contributed by atoms with Crippen molar-refractivity contribution in [2.24, 2.45) is 51.0 Å². The lowest BCUT2D eigenvalue weighted by Gasteiger charge is -2.32. The normalized spacial score (nSPS) is 16.9. The second kappa shape index (κ2) is 42.4. The van der Waals surface area contributed by atoms with Crippen LogP contribution in [0.5, 0.6) is 0 Å². The number of hydrogen-bond acceptors (Lipinski definition) is 18. The largest absolute Gasteiger partial charge is 0.370 e. The minimum absolute atomic E-state index is 0.0662. The average Bonchev–Trinajstić information content (AvgIpc) is 1.73. The van der Waals surface area contributed by atoms with E-state index in [9.17, 15) is 57.5 Å². The van der Waals surface area contributed by atoms with Gasteiger partial charge in [0.2, 0.25) is 76.8 Å². The summed E-state index contributed by atoms with van der Waals surface area (Å²) in [5.41, 5.74) is 41.2. The van der Waals surface area contributed by atoms with Gasteiger partial charge in [-0.05, 0) is 119 Å². The number of carbonyl (C=O) groups is 13. The highest BCUT2D eigenvalue weighted by molar-refractivity contribution is 7.98. The molecule has 2 aromatic carbocycles. The van der Waals surface area contributed by atoms with Crippen LogP contribution in [0.25, 0.3) is 0 Å². The van der Waals surface area contributed by atoms with Gasteiger partial charge >= 0.3 is 0 Å². The highest BCUT2D eigenvalue weighted by Gasteiger charge is 2.43. The first-order valence-corrected chi connectivity index (χ1v) is 35.5. The zero-order chi connectivity index (χ0) is 74.1. The Kier molecular flexibility index (Phi) is 34.4. The molecule has 34 heteroatoms. The maximum Gasteiger partial charge on any atom is 0.245 e. The third-order valence-corrected chi connectivity index (χ3v) is 17.8. The quantitative estimate of drug-likeness (QED) is 0.0149. The zero-order valence-corrected chi connectivity index (χ0v) is 58.5. The molecule has 101 heavy (non-hydrogen) atoms. The smallest absolute Gasteiger partial charge is 0.245 e. The van der Waals surface area contributed by atoms with Crippen LogP contribution >= 0.6 is 11.8 Å². The SMILES string of the molecule is CSCC[C@H](NC(=O)[C@@H](CC(C)C)NC(=O)[C@H](Cc1cnc[nH]1)NC(=O)[C@H](Cc1ccccc1)NC(=O)[C@H](Cc1ccccc1)NC(=O)[C@@H](CCC(N)=O)NC(=O)[C@@H](CCC(N)=O)NC(=O)[C@H]1CCCN1C(=O)[C@H](CCCCN)NC(=O)[C@@H]1CCCN1C(=O)[C@@H](N)CCCN=C(N)N)C(N)=O. The van der Waals surface area contributed by atoms with Gasteiger partial charge in [-0.25, -0.2) is 4.98 Å². The Hall–Kier alpha value is -9.70. The number of imidazole rings is 1. The molecule has 3 aromatic rings. The molecule has 33 nitrogen and oxygen atoms in total. The van der Waals surface area contributed by atoms with E-state index in [0.717, 1.165) is 0 Å². The molecule has 0 spiro atoms. The van der Waals surface area contributed by atoms with Crippen LogP contribution in [0.2, 0.25) is 0 Å². The first-order chi connectivity index (χ1) is 48.2. The van der Waals surface area contributed by atoms with Crippen molar-refractivity contribution in [3.05, 3.63) is 90.0 Å². The molecule has 1 aromatic heterocycles. The number of nitrogens with one attached hydrogen (secondary N) is 9. The third-order valence-electron chi connectivity index (χ3n) is 17.2. The molecule has 554 valence electrons. The minimum Gasteiger partial charge on any atom is -0.370 e. The molecule has 3 heterocycles. The average molecular weight is 1430 g/mol. The number of carbonyl (C=O) groups excluding carboxylic acids is 13. The molecule has 2 aliphatic rings. The number of aromatic nitrogens is 2. The van der Waals surface area contributed by atoms with Crippen LogP contribution < -0.4 is 82.7 Å². The summed E-state index contributed by atoms with van der Waals surface area (Å²) in [6.07, 6.45) is 5.50. The molecule has 2 aliphatic heterocycles. The number of amides is 13. The fourth-order valence-electron chi connectivity index (χ4n) is 11.9. The van der Waals surface area contributed by atoms with Crippen molar-refractivity contribution in [3.63, 3.8) is 0 Å². The van der Waals surface area contributed by atoms with E-state index in [1.54, 1.807) is 60.7 Å². The summed E-state index contributed by atoms with van der Waals surface area (Å²) in [4.78, 5) is 195. The van der Waals surface area contributed by atoms with Crippen molar-refractivity contribution in [2.45, 2.75) is 196 Å². The van der Waals surface area contributed by atoms with Crippen molar-refractivity contribution >= 4 is 94.5 Å². The highest BCUT2D eigenvalue weighted by Crippen LogP contribution is 2.24. The Labute approximate surface area is 591 Å². The van der Waals surface area contributed by atoms with Gasteiger partial charge in [-0.15, -0.1) is 0 Å². The number of nitrogens with two attached hydrogens (primary N) is 7. The summed E-state index contributed by atoms with van der Waals surface area (Å²) in [6, 6.07) is 2.78. The topological polar surface area (TPSA) is 548 Å². The number of rotatable bonds is 44. The number of H-pyrrole nitrogens is 1. The molecule has 0 unspecified atom stereocenters. The molecule has 13 amide bonds. The Balaban J connectivity index is 1.39. The highest BCUT2D eigenvalue weighted by atomic mass is 32.2. The number of aliphatic imine (C=N–C) groups is 1. The number of aromatic amines is 1. The lowest BCUT2D eigenvalue weighted by molar-refractivity contribution is -0.144. The number of likely N-dealkylation sites (tertiary alicyclic amines) is 2. The van der Waals surface area contributed by atoms with E-state index < -0.39 is 169 Å². The molecule has 0 saturated carbocycles. The summed E-state index contributed by atoms with van der Waals surface area (Å²) in [5, 5.41) is 21.6. The van der Waals surface area contributed by atoms with Gasteiger partial charge in [-0.1, -0.05) is 74.5 Å². The number of unbranched alkanes of at least 4 members (excludes halogenated alkanes) is 1. The predicted octanol–water partition coefficient (Wildman–Crippen LogP) is -3.38. The summed E-state index contributed by atoms with van der Waals surface area (Å²) >= 11 is 1.45. The van der Waals surface area contributed by atoms with Crippen molar-refractivity contribution < 1.29 is 62.3 Å². The van der Waals surface area contributed by atoms with Crippen molar-refractivity contribution in [2.75, 3.05) is 38.2 Å². The second-order valence-corrected chi connectivity index (χ2v) is 26.7. The molecule has 0 radical (unpaired) electrons. The maximum absolute atomic E-state index is 15.0. The third kappa shape index (κ3) is 27.7. The van der Waals surface area contributed by atoms with Crippen LogP contribution in [-0.4, -0.2) is 207 Å². The Bertz CT molecular complexity index is 3290. The van der Waals surface area contributed by atoms with Gasteiger partial charge in [0.05, 0.1) is 12.4 Å². The van der Waals surface area contributed by atoms with Crippen molar-refractivity contribution in [1.82, 2.24) is 62.3 Å². The number of primary amides is 3. The molecule has 11 atom stereocenters. The van der Waals surface area contributed by atoms with Gasteiger partial charge < -0.3 is 97.5 Å². The van der Waals surface area contributed by atoms with Crippen LogP contribution in [0.4, 0.5) is 0 Å². The van der Waals surface area contributed by atoms with E-state index in [0.29, 0.717) is 61.1 Å². The lowest BCUT2D eigenvalue weighted by Crippen LogP contribution is -2.61. The van der Waals surface area contributed by atoms with E-state index >= 15 is 4.79 Å². The van der Waals surface area contributed by atoms with E-state index in [1.807, 2.05) is 20.1 Å². The summed E-state index contributed by atoms with van der Waals surface area (Å²) in [7, 11) is 0. The Morgan fingerprint density at radius 3 is 1.47 bits per heavy atom. The molecule has 2 fully saturated rings. The van der Waals surface area contributed by atoms with Gasteiger partial charge in [0.15, 0.2) is 5.96 Å². The summed E-state index contributed by atoms with van der Waals surface area (Å²) in [6.45, 7) is 4.50. The number of benzene rings is 2. The predicted molar refractivity (Wildman–Crippen MR) is 377 cm³/mol. The number of thioether (sulfide) groups is 1. The lowest BCUT2D eigenvalue weighted by atomic mass is 10.00. The van der Waals surface area contributed by atoms with Crippen molar-refractivity contribution in [3.8, 4) is 0 Å². The van der Waals surface area contributed by atoms with E-state index in [2.05, 4.69) is 57.5 Å². The van der Waals surface area contributed by atoms with E-state index in [4.69, 9.17) is 40.1 Å². The molecule has 0 bridgehead atoms. The van der Waals surface area contributed by atoms with Crippen LogP contribution in [-0.2, 0) is 81.6 Å². The Morgan fingerprint density at radius 2 is 1.00 bits per heavy atom. The fourth-order valence-corrected chi connectivity index (χ4v) is 12.3. The molecule has 0 aliphatic carbocycles. The molecular formula is C67H102N20O13S. The van der Waals surface area contributed by atoms with Gasteiger partial charge in [0.1, 0.15) is 60.4 Å². The summed E-state index contributed by atoms with van der Waals surface area (Å²) < 4.78 is 0. The molecule has 5 rings (SSSR count). The molecular weight excluding hydrogens is 1320 g/mol. The molecule has 23 N–H and O–H groups in total. The van der Waals surface area contributed by atoms with E-state index in [-0.39, 0.29) is 89.4 Å². The standard InChI is InChI=1S/C67H102N20O13S/c1-39(2)33-48(59(93)78-44(56(72)90)27-32-101-3)82-62(96)51(36-42-37-75-38-77-42)85-61(95)50(35-41-17-8-5-9-18-41)84-60(94)49(34-40-15-6-4-7-16-40)83-58(92)45(23-25-54(70)88)79-57(91)46(24-26-55(71)89)80-63(97)53-22-14-31-87(53)66(100)47(20-10-11-28-68)81-64(98)52-21-13-30-86(52)65(99)43(69)19-12-29-76-67(73)74/h4-9,15-18,37-39,43-53H,10-14,19-36,68-69H2,1-3H3,(H2,70,88)(H2,71,89)(H2,72,90)(H,75,77)(H,78,93)(H,79,91)(H,80,97)(H,81,98)(H,82,96)(H,83,92)(H,84,94)(H,85,95)(H4,73,74,76)/t43-,44-,45+,46+,47-,48+,49-,50-,51-,52-,53+/m0/s1. The van der Waals surface area contributed by atoms with Gasteiger partial charge in [0.25, 0.3) is 0 Å². The maximum atomic E-state index is 15.0. The van der Waals surface area contributed by atoms with Crippen molar-refractivity contribution in [1.29, 1.82) is 0 Å². The fraction of sp³-hybridized carbons (Fsp3) is 0.567. The van der Waals surface area contributed by atoms with Crippen LogP contribution in [0.3, 0.4) is 0 Å².